The number of sulfone groups is 1. The average molecular weight is 447 g/mol. The number of ether oxygens (including phenoxy) is 1. The van der Waals surface area contributed by atoms with Crippen molar-refractivity contribution >= 4 is 27.1 Å². The van der Waals surface area contributed by atoms with E-state index in [0.29, 0.717) is 25.3 Å². The van der Waals surface area contributed by atoms with E-state index in [1.165, 1.54) is 11.3 Å². The monoisotopic (exact) mass is 446 g/mol. The van der Waals surface area contributed by atoms with Crippen LogP contribution in [0.15, 0.2) is 52.4 Å². The Morgan fingerprint density at radius 1 is 1.30 bits per heavy atom. The van der Waals surface area contributed by atoms with Gasteiger partial charge in [-0.3, -0.25) is 4.79 Å². The van der Waals surface area contributed by atoms with Crippen molar-refractivity contribution in [2.75, 3.05) is 18.1 Å². The molecule has 158 valence electrons. The molecule has 0 saturated carbocycles. The molecule has 1 saturated heterocycles. The van der Waals surface area contributed by atoms with Crippen molar-refractivity contribution in [3.63, 3.8) is 0 Å². The Balaban J connectivity index is 1.57. The average Bonchev–Trinajstić information content (AvgIpc) is 3.47. The molecule has 30 heavy (non-hydrogen) atoms. The highest BCUT2D eigenvalue weighted by atomic mass is 32.2. The first kappa shape index (κ1) is 20.6. The Morgan fingerprint density at radius 3 is 2.73 bits per heavy atom. The zero-order valence-corrected chi connectivity index (χ0v) is 18.1. The van der Waals surface area contributed by atoms with Crippen LogP contribution in [0.5, 0.6) is 5.75 Å². The summed E-state index contributed by atoms with van der Waals surface area (Å²) in [5.41, 5.74) is 0.943. The molecule has 1 amide bonds. The molecule has 0 N–H and O–H groups in total. The topological polar surface area (TPSA) is 89.7 Å². The summed E-state index contributed by atoms with van der Waals surface area (Å²) in [4.78, 5) is 15.8. The SMILES string of the molecule is CCOc1ccc(-c2cc(C(=O)N(Cc3cccs3)[C@H]3CCS(=O)(=O)C3)no2)cc1. The molecule has 1 aliphatic heterocycles. The van der Waals surface area contributed by atoms with Gasteiger partial charge in [0, 0.05) is 22.5 Å². The van der Waals surface area contributed by atoms with Crippen molar-refractivity contribution < 1.29 is 22.5 Å². The summed E-state index contributed by atoms with van der Waals surface area (Å²) in [6.07, 6.45) is 0.434. The van der Waals surface area contributed by atoms with E-state index in [0.717, 1.165) is 16.2 Å². The number of benzene rings is 1. The third-order valence-electron chi connectivity index (χ3n) is 5.00. The lowest BCUT2D eigenvalue weighted by molar-refractivity contribution is 0.0672. The molecule has 0 bridgehead atoms. The van der Waals surface area contributed by atoms with Crippen molar-refractivity contribution in [3.8, 4) is 17.1 Å². The summed E-state index contributed by atoms with van der Waals surface area (Å²) in [6.45, 7) is 2.85. The summed E-state index contributed by atoms with van der Waals surface area (Å²) in [5, 5.41) is 5.90. The maximum absolute atomic E-state index is 13.2. The molecule has 0 radical (unpaired) electrons. The molecule has 1 aromatic carbocycles. The molecule has 0 aliphatic carbocycles. The first-order valence-electron chi connectivity index (χ1n) is 9.69. The second kappa shape index (κ2) is 8.61. The molecule has 7 nitrogen and oxygen atoms in total. The van der Waals surface area contributed by atoms with Gasteiger partial charge in [-0.15, -0.1) is 11.3 Å². The van der Waals surface area contributed by atoms with E-state index in [2.05, 4.69) is 5.16 Å². The fourth-order valence-electron chi connectivity index (χ4n) is 3.50. The number of hydrogen-bond donors (Lipinski definition) is 0. The Kier molecular flexibility index (Phi) is 5.92. The fraction of sp³-hybridized carbons (Fsp3) is 0.333. The van der Waals surface area contributed by atoms with Crippen LogP contribution < -0.4 is 4.74 Å². The molecular formula is C21H22N2O5S2. The van der Waals surface area contributed by atoms with E-state index in [1.807, 2.05) is 48.7 Å². The highest BCUT2D eigenvalue weighted by Crippen LogP contribution is 2.27. The number of hydrogen-bond acceptors (Lipinski definition) is 7. The number of carbonyl (C=O) groups excluding carboxylic acids is 1. The lowest BCUT2D eigenvalue weighted by atomic mass is 10.1. The fourth-order valence-corrected chi connectivity index (χ4v) is 5.93. The highest BCUT2D eigenvalue weighted by molar-refractivity contribution is 7.91. The minimum absolute atomic E-state index is 0.0201. The Hall–Kier alpha value is -2.65. The van der Waals surface area contributed by atoms with Gasteiger partial charge in [0.25, 0.3) is 5.91 Å². The molecular weight excluding hydrogens is 424 g/mol. The molecule has 3 aromatic rings. The van der Waals surface area contributed by atoms with Gasteiger partial charge in [0.2, 0.25) is 0 Å². The molecule has 9 heteroatoms. The quantitative estimate of drug-likeness (QED) is 0.551. The van der Waals surface area contributed by atoms with Crippen molar-refractivity contribution in [2.24, 2.45) is 0 Å². The van der Waals surface area contributed by atoms with Gasteiger partial charge < -0.3 is 14.2 Å². The smallest absolute Gasteiger partial charge is 0.276 e. The van der Waals surface area contributed by atoms with Crippen molar-refractivity contribution in [2.45, 2.75) is 25.9 Å². The van der Waals surface area contributed by atoms with Gasteiger partial charge in [-0.1, -0.05) is 11.2 Å². The second-order valence-electron chi connectivity index (χ2n) is 7.10. The molecule has 1 aliphatic rings. The predicted molar refractivity (Wildman–Crippen MR) is 114 cm³/mol. The van der Waals surface area contributed by atoms with E-state index in [9.17, 15) is 13.2 Å². The van der Waals surface area contributed by atoms with Crippen LogP contribution in [0.3, 0.4) is 0 Å². The highest BCUT2D eigenvalue weighted by Gasteiger charge is 2.36. The lowest BCUT2D eigenvalue weighted by Crippen LogP contribution is -2.40. The molecule has 2 aromatic heterocycles. The van der Waals surface area contributed by atoms with Crippen LogP contribution in [-0.4, -0.2) is 48.5 Å². The first-order chi connectivity index (χ1) is 14.4. The van der Waals surface area contributed by atoms with Crippen molar-refractivity contribution in [3.05, 3.63) is 58.4 Å². The van der Waals surface area contributed by atoms with Gasteiger partial charge in [-0.25, -0.2) is 8.42 Å². The number of carbonyl (C=O) groups is 1. The van der Waals surface area contributed by atoms with Crippen LogP contribution in [-0.2, 0) is 16.4 Å². The van der Waals surface area contributed by atoms with Gasteiger partial charge >= 0.3 is 0 Å². The molecule has 0 unspecified atom stereocenters. The zero-order valence-electron chi connectivity index (χ0n) is 16.5. The minimum atomic E-state index is -3.13. The number of amides is 1. The number of thiophene rings is 1. The predicted octanol–water partition coefficient (Wildman–Crippen LogP) is 3.63. The lowest BCUT2D eigenvalue weighted by Gasteiger charge is -2.26. The van der Waals surface area contributed by atoms with Gasteiger partial charge in [-0.2, -0.15) is 0 Å². The van der Waals surface area contributed by atoms with E-state index in [1.54, 1.807) is 11.0 Å². The minimum Gasteiger partial charge on any atom is -0.494 e. The molecule has 4 rings (SSSR count). The van der Waals surface area contributed by atoms with Crippen molar-refractivity contribution in [1.82, 2.24) is 10.1 Å². The Bertz CT molecular complexity index is 1100. The summed E-state index contributed by atoms with van der Waals surface area (Å²) in [6, 6.07) is 12.4. The number of aromatic nitrogens is 1. The summed E-state index contributed by atoms with van der Waals surface area (Å²) >= 11 is 1.53. The summed E-state index contributed by atoms with van der Waals surface area (Å²) < 4.78 is 34.8. The Labute approximate surface area is 179 Å². The van der Waals surface area contributed by atoms with Crippen LogP contribution in [0, 0.1) is 0 Å². The van der Waals surface area contributed by atoms with E-state index in [-0.39, 0.29) is 29.1 Å². The van der Waals surface area contributed by atoms with Crippen LogP contribution in [0.4, 0.5) is 0 Å². The third kappa shape index (κ3) is 4.57. The normalized spacial score (nSPS) is 17.7. The number of nitrogens with zero attached hydrogens (tertiary/aromatic N) is 2. The summed E-state index contributed by atoms with van der Waals surface area (Å²) in [5.74, 6) is 0.972. The standard InChI is InChI=1S/C21H22N2O5S2/c1-2-27-17-7-5-15(6-8-17)20-12-19(22-28-20)21(24)23(13-18-4-3-10-29-18)16-9-11-30(25,26)14-16/h3-8,10,12,16H,2,9,11,13-14H2,1H3/t16-/m0/s1. The molecule has 0 spiro atoms. The first-order valence-corrected chi connectivity index (χ1v) is 12.4. The van der Waals surface area contributed by atoms with Crippen LogP contribution >= 0.6 is 11.3 Å². The van der Waals surface area contributed by atoms with Gasteiger partial charge in [0.1, 0.15) is 5.75 Å². The summed E-state index contributed by atoms with van der Waals surface area (Å²) in [7, 11) is -3.13. The largest absolute Gasteiger partial charge is 0.494 e. The van der Waals surface area contributed by atoms with Gasteiger partial charge in [0.05, 0.1) is 24.7 Å². The molecule has 3 heterocycles. The second-order valence-corrected chi connectivity index (χ2v) is 10.4. The Morgan fingerprint density at radius 2 is 2.10 bits per heavy atom. The van der Waals surface area contributed by atoms with Crippen molar-refractivity contribution in [1.29, 1.82) is 0 Å². The third-order valence-corrected chi connectivity index (χ3v) is 7.61. The molecule has 1 atom stereocenters. The number of rotatable bonds is 7. The van der Waals surface area contributed by atoms with E-state index < -0.39 is 9.84 Å². The van der Waals surface area contributed by atoms with E-state index >= 15 is 0 Å². The van der Waals surface area contributed by atoms with Crippen LogP contribution in [0.2, 0.25) is 0 Å². The van der Waals surface area contributed by atoms with Gasteiger partial charge in [0.15, 0.2) is 21.3 Å². The molecule has 1 fully saturated rings. The maximum atomic E-state index is 13.2. The van der Waals surface area contributed by atoms with E-state index in [4.69, 9.17) is 9.26 Å². The van der Waals surface area contributed by atoms with Crippen LogP contribution in [0.1, 0.15) is 28.7 Å². The zero-order chi connectivity index (χ0) is 21.1. The van der Waals surface area contributed by atoms with Gasteiger partial charge in [-0.05, 0) is 49.1 Å². The maximum Gasteiger partial charge on any atom is 0.276 e. The van der Waals surface area contributed by atoms with Crippen LogP contribution in [0.25, 0.3) is 11.3 Å².